The van der Waals surface area contributed by atoms with Gasteiger partial charge in [0.25, 0.3) is 0 Å². The summed E-state index contributed by atoms with van der Waals surface area (Å²) >= 11 is 0. The number of amides is 1. The molecule has 0 saturated heterocycles. The van der Waals surface area contributed by atoms with Gasteiger partial charge < -0.3 is 19.4 Å². The molecule has 0 fully saturated rings. The molecule has 7 nitrogen and oxygen atoms in total. The van der Waals surface area contributed by atoms with Gasteiger partial charge in [0.1, 0.15) is 5.82 Å². The molecule has 1 aliphatic rings. The van der Waals surface area contributed by atoms with Crippen LogP contribution >= 0.6 is 0 Å². The monoisotopic (exact) mass is 348 g/mol. The summed E-state index contributed by atoms with van der Waals surface area (Å²) < 4.78 is 12.4. The molecule has 130 valence electrons. The van der Waals surface area contributed by atoms with E-state index in [0.717, 1.165) is 16.6 Å². The minimum Gasteiger partial charge on any atom is -0.454 e. The van der Waals surface area contributed by atoms with Gasteiger partial charge in [-0.2, -0.15) is 5.26 Å². The van der Waals surface area contributed by atoms with Crippen LogP contribution in [0.1, 0.15) is 17.3 Å². The van der Waals surface area contributed by atoms with Crippen molar-refractivity contribution in [2.24, 2.45) is 7.05 Å². The molecule has 26 heavy (non-hydrogen) atoms. The highest BCUT2D eigenvalue weighted by Gasteiger charge is 2.25. The zero-order valence-corrected chi connectivity index (χ0v) is 14.1. The van der Waals surface area contributed by atoms with Gasteiger partial charge in [0.15, 0.2) is 17.4 Å². The number of imidazole rings is 1. The summed E-state index contributed by atoms with van der Waals surface area (Å²) in [7, 11) is 1.81. The van der Waals surface area contributed by atoms with E-state index in [2.05, 4.69) is 16.4 Å². The molecule has 1 aliphatic heterocycles. The molecule has 3 aromatic rings. The number of ether oxygens (including phenoxy) is 2. The van der Waals surface area contributed by atoms with Crippen LogP contribution in [-0.2, 0) is 18.4 Å². The average molecular weight is 348 g/mol. The second-order valence-electron chi connectivity index (χ2n) is 5.99. The molecule has 0 bridgehead atoms. The van der Waals surface area contributed by atoms with Crippen molar-refractivity contribution in [1.82, 2.24) is 14.9 Å². The first-order chi connectivity index (χ1) is 12.7. The molecule has 1 N–H and O–H groups in total. The highest BCUT2D eigenvalue weighted by molar-refractivity contribution is 5.87. The van der Waals surface area contributed by atoms with Gasteiger partial charge in [-0.3, -0.25) is 4.79 Å². The fourth-order valence-corrected chi connectivity index (χ4v) is 3.00. The largest absolute Gasteiger partial charge is 0.454 e. The Morgan fingerprint density at radius 2 is 2.12 bits per heavy atom. The lowest BCUT2D eigenvalue weighted by Crippen LogP contribution is -2.29. The first-order valence-corrected chi connectivity index (χ1v) is 8.14. The molecule has 7 heteroatoms. The topological polar surface area (TPSA) is 89.2 Å². The van der Waals surface area contributed by atoms with Crippen molar-refractivity contribution in [2.75, 3.05) is 6.79 Å². The van der Waals surface area contributed by atoms with E-state index in [1.165, 1.54) is 0 Å². The minimum atomic E-state index is -0.985. The van der Waals surface area contributed by atoms with Gasteiger partial charge in [-0.15, -0.1) is 0 Å². The summed E-state index contributed by atoms with van der Waals surface area (Å²) in [4.78, 5) is 17.0. The summed E-state index contributed by atoms with van der Waals surface area (Å²) in [5.74, 6) is 0.403. The van der Waals surface area contributed by atoms with Gasteiger partial charge in [-0.05, 0) is 29.8 Å². The summed E-state index contributed by atoms with van der Waals surface area (Å²) in [5.41, 5.74) is 2.50. The van der Waals surface area contributed by atoms with Crippen molar-refractivity contribution in [3.05, 3.63) is 53.9 Å². The Hall–Kier alpha value is -3.53. The lowest BCUT2D eigenvalue weighted by Gasteiger charge is -2.11. The molecule has 1 amide bonds. The molecule has 0 radical (unpaired) electrons. The number of rotatable bonds is 4. The van der Waals surface area contributed by atoms with Crippen LogP contribution in [0.25, 0.3) is 11.0 Å². The first-order valence-electron chi connectivity index (χ1n) is 8.14. The second kappa shape index (κ2) is 6.41. The van der Waals surface area contributed by atoms with Crippen molar-refractivity contribution in [3.8, 4) is 17.6 Å². The third kappa shape index (κ3) is 2.71. The number of benzene rings is 2. The Morgan fingerprint density at radius 3 is 2.92 bits per heavy atom. The molecule has 4 rings (SSSR count). The third-order valence-electron chi connectivity index (χ3n) is 4.37. The zero-order valence-electron chi connectivity index (χ0n) is 14.1. The van der Waals surface area contributed by atoms with Crippen LogP contribution in [0.3, 0.4) is 0 Å². The van der Waals surface area contributed by atoms with E-state index in [4.69, 9.17) is 9.47 Å². The fourth-order valence-electron chi connectivity index (χ4n) is 3.00. The molecular weight excluding hydrogens is 332 g/mol. The Balaban J connectivity index is 1.52. The van der Waals surface area contributed by atoms with E-state index in [-0.39, 0.29) is 19.2 Å². The number of fused-ring (bicyclic) bond motifs is 2. The van der Waals surface area contributed by atoms with E-state index < -0.39 is 5.92 Å². The lowest BCUT2D eigenvalue weighted by molar-refractivity contribution is -0.121. The van der Waals surface area contributed by atoms with Gasteiger partial charge >= 0.3 is 0 Å². The molecule has 1 aromatic heterocycles. The average Bonchev–Trinajstić information content (AvgIpc) is 3.25. The van der Waals surface area contributed by atoms with Crippen molar-refractivity contribution in [1.29, 1.82) is 5.26 Å². The number of hydrogen-bond acceptors (Lipinski definition) is 5. The minimum absolute atomic E-state index is 0.203. The van der Waals surface area contributed by atoms with Crippen molar-refractivity contribution in [3.63, 3.8) is 0 Å². The Bertz CT molecular complexity index is 1030. The summed E-state index contributed by atoms with van der Waals surface area (Å²) in [6.07, 6.45) is 0. The normalized spacial score (nSPS) is 13.4. The van der Waals surface area contributed by atoms with Gasteiger partial charge in [0.05, 0.1) is 17.1 Å². The second-order valence-corrected chi connectivity index (χ2v) is 5.99. The van der Waals surface area contributed by atoms with Crippen LogP contribution in [0.4, 0.5) is 0 Å². The van der Waals surface area contributed by atoms with E-state index >= 15 is 0 Å². The maximum Gasteiger partial charge on any atom is 0.245 e. The standard InChI is InChI=1S/C19H16N4O3/c1-23-15-5-3-2-4-14(15)22-18(23)13(9-20)19(24)21-10-12-6-7-16-17(8-12)26-11-25-16/h2-8,13H,10-11H2,1H3,(H,21,24). The molecule has 1 atom stereocenters. The zero-order chi connectivity index (χ0) is 18.1. The lowest BCUT2D eigenvalue weighted by atomic mass is 10.1. The van der Waals surface area contributed by atoms with Crippen molar-refractivity contribution >= 4 is 16.9 Å². The number of aryl methyl sites for hydroxylation is 1. The predicted octanol–water partition coefficient (Wildman–Crippen LogP) is 2.23. The van der Waals surface area contributed by atoms with Gasteiger partial charge in [-0.1, -0.05) is 18.2 Å². The fraction of sp³-hybridized carbons (Fsp3) is 0.211. The number of hydrogen-bond donors (Lipinski definition) is 1. The van der Waals surface area contributed by atoms with Crippen LogP contribution in [0.2, 0.25) is 0 Å². The number of aromatic nitrogens is 2. The van der Waals surface area contributed by atoms with E-state index in [0.29, 0.717) is 17.3 Å². The molecule has 0 spiro atoms. The number of nitriles is 1. The van der Waals surface area contributed by atoms with Crippen LogP contribution < -0.4 is 14.8 Å². The quantitative estimate of drug-likeness (QED) is 0.781. The highest BCUT2D eigenvalue weighted by Crippen LogP contribution is 2.32. The van der Waals surface area contributed by atoms with Crippen molar-refractivity contribution < 1.29 is 14.3 Å². The van der Waals surface area contributed by atoms with Gasteiger partial charge in [-0.25, -0.2) is 4.98 Å². The van der Waals surface area contributed by atoms with Crippen LogP contribution in [0.5, 0.6) is 11.5 Å². The first kappa shape index (κ1) is 16.0. The number of nitrogens with zero attached hydrogens (tertiary/aromatic N) is 3. The summed E-state index contributed by atoms with van der Waals surface area (Å²) in [6, 6.07) is 15.1. The van der Waals surface area contributed by atoms with Crippen LogP contribution in [0.15, 0.2) is 42.5 Å². The number of carbonyl (C=O) groups excluding carboxylic acids is 1. The maximum atomic E-state index is 12.6. The van der Waals surface area contributed by atoms with Gasteiger partial charge in [0.2, 0.25) is 12.7 Å². The Labute approximate surface area is 149 Å². The Morgan fingerprint density at radius 1 is 1.31 bits per heavy atom. The van der Waals surface area contributed by atoms with E-state index in [1.54, 1.807) is 17.7 Å². The molecule has 1 unspecified atom stereocenters. The molecule has 0 saturated carbocycles. The smallest absolute Gasteiger partial charge is 0.245 e. The van der Waals surface area contributed by atoms with Crippen LogP contribution in [0, 0.1) is 11.3 Å². The van der Waals surface area contributed by atoms with Crippen molar-refractivity contribution in [2.45, 2.75) is 12.5 Å². The SMILES string of the molecule is Cn1c(C(C#N)C(=O)NCc2ccc3c(c2)OCO3)nc2ccccc21. The number of nitrogens with one attached hydrogen (secondary N) is 1. The number of carbonyl (C=O) groups is 1. The molecular formula is C19H16N4O3. The van der Waals surface area contributed by atoms with E-state index in [1.807, 2.05) is 36.4 Å². The van der Waals surface area contributed by atoms with Gasteiger partial charge in [0, 0.05) is 13.6 Å². The molecule has 0 aliphatic carbocycles. The van der Waals surface area contributed by atoms with E-state index in [9.17, 15) is 10.1 Å². The molecule has 2 aromatic carbocycles. The maximum absolute atomic E-state index is 12.6. The highest BCUT2D eigenvalue weighted by atomic mass is 16.7. The van der Waals surface area contributed by atoms with Crippen LogP contribution in [-0.4, -0.2) is 22.3 Å². The predicted molar refractivity (Wildman–Crippen MR) is 93.5 cm³/mol. The third-order valence-corrected chi connectivity index (χ3v) is 4.37. The number of para-hydroxylation sites is 2. The summed E-state index contributed by atoms with van der Waals surface area (Å²) in [6.45, 7) is 0.492. The molecule has 2 heterocycles. The summed E-state index contributed by atoms with van der Waals surface area (Å²) in [5, 5.41) is 12.3. The Kier molecular flexibility index (Phi) is 3.93.